The molecule has 3 heterocycles. The Kier molecular flexibility index (Phi) is 7.03. The van der Waals surface area contributed by atoms with Gasteiger partial charge in [0.1, 0.15) is 17.7 Å². The standard InChI is InChI=1S/C28H28ClFN4O2/c1-16-13-31-15-24(29)28(16)17(2)36-22-7-8-26-23(11-22)27(34-33-26)12-25(30)19-4-6-20(32-14-19)5-3-18-9-21(35)10-18/h4,6-8,11-15,17-18,21,35H,3,5,9-10H2,1-2H3,(H,33,34)/b25-12-/t17-,18?,21?/m1/s1. The van der Waals surface area contributed by atoms with E-state index >= 15 is 4.39 Å². The zero-order valence-corrected chi connectivity index (χ0v) is 21.0. The summed E-state index contributed by atoms with van der Waals surface area (Å²) in [5, 5.41) is 17.9. The third kappa shape index (κ3) is 5.27. The SMILES string of the molecule is Cc1cncc(Cl)c1[C@@H](C)Oc1ccc2n[nH]c(/C=C(\F)c3ccc(CCC4CC(O)C4)nc3)c2c1. The first-order chi connectivity index (χ1) is 17.4. The number of nitrogens with zero attached hydrogens (tertiary/aromatic N) is 3. The van der Waals surface area contributed by atoms with Crippen LogP contribution in [0.5, 0.6) is 5.75 Å². The summed E-state index contributed by atoms with van der Waals surface area (Å²) in [4.78, 5) is 8.53. The van der Waals surface area contributed by atoms with E-state index in [2.05, 4.69) is 20.2 Å². The first-order valence-electron chi connectivity index (χ1n) is 12.1. The maximum atomic E-state index is 15.1. The Morgan fingerprint density at radius 3 is 2.81 bits per heavy atom. The number of hydrogen-bond donors (Lipinski definition) is 2. The second-order valence-corrected chi connectivity index (χ2v) is 9.90. The van der Waals surface area contributed by atoms with Crippen LogP contribution < -0.4 is 4.74 Å². The van der Waals surface area contributed by atoms with Gasteiger partial charge in [-0.1, -0.05) is 11.6 Å². The molecule has 0 amide bonds. The molecule has 0 bridgehead atoms. The third-order valence-corrected chi connectivity index (χ3v) is 7.10. The van der Waals surface area contributed by atoms with Crippen molar-refractivity contribution in [2.75, 3.05) is 0 Å². The fourth-order valence-corrected chi connectivity index (χ4v) is 5.08. The summed E-state index contributed by atoms with van der Waals surface area (Å²) in [5.74, 6) is 0.790. The number of ether oxygens (including phenoxy) is 1. The van der Waals surface area contributed by atoms with E-state index in [9.17, 15) is 5.11 Å². The Morgan fingerprint density at radius 1 is 1.25 bits per heavy atom. The fraction of sp³-hybridized carbons (Fsp3) is 0.321. The summed E-state index contributed by atoms with van der Waals surface area (Å²) in [6.45, 7) is 3.88. The summed E-state index contributed by atoms with van der Waals surface area (Å²) < 4.78 is 21.3. The largest absolute Gasteiger partial charge is 0.486 e. The lowest BCUT2D eigenvalue weighted by Gasteiger charge is -2.31. The summed E-state index contributed by atoms with van der Waals surface area (Å²) in [6.07, 6.45) is 9.50. The molecule has 1 atom stereocenters. The Morgan fingerprint density at radius 2 is 2.08 bits per heavy atom. The predicted molar refractivity (Wildman–Crippen MR) is 139 cm³/mol. The number of benzene rings is 1. The average molecular weight is 507 g/mol. The van der Waals surface area contributed by atoms with Crippen LogP contribution in [-0.4, -0.2) is 31.4 Å². The quantitative estimate of drug-likeness (QED) is 0.280. The Hall–Kier alpha value is -3.29. The molecule has 1 aliphatic rings. The number of hydrogen-bond acceptors (Lipinski definition) is 5. The molecule has 36 heavy (non-hydrogen) atoms. The van der Waals surface area contributed by atoms with Gasteiger partial charge in [0, 0.05) is 46.9 Å². The summed E-state index contributed by atoms with van der Waals surface area (Å²) in [6, 6.07) is 9.13. The fourth-order valence-electron chi connectivity index (χ4n) is 4.72. The summed E-state index contributed by atoms with van der Waals surface area (Å²) in [5.41, 5.74) is 4.43. The molecule has 4 aromatic rings. The lowest BCUT2D eigenvalue weighted by atomic mass is 9.79. The Labute approximate surface area is 214 Å². The molecule has 6 nitrogen and oxygen atoms in total. The van der Waals surface area contributed by atoms with Crippen molar-refractivity contribution in [1.29, 1.82) is 0 Å². The molecule has 186 valence electrons. The van der Waals surface area contributed by atoms with Crippen LogP contribution in [0.2, 0.25) is 5.02 Å². The number of aryl methyl sites for hydroxylation is 2. The lowest BCUT2D eigenvalue weighted by molar-refractivity contribution is 0.0392. The van der Waals surface area contributed by atoms with Gasteiger partial charge in [-0.3, -0.25) is 15.1 Å². The molecule has 0 saturated heterocycles. The lowest BCUT2D eigenvalue weighted by Crippen LogP contribution is -2.28. The van der Waals surface area contributed by atoms with E-state index < -0.39 is 5.83 Å². The number of halogens is 2. The van der Waals surface area contributed by atoms with Gasteiger partial charge in [-0.05, 0) is 81.3 Å². The van der Waals surface area contributed by atoms with Crippen molar-refractivity contribution in [3.63, 3.8) is 0 Å². The Bertz CT molecular complexity index is 1380. The van der Waals surface area contributed by atoms with Crippen LogP contribution in [0.25, 0.3) is 22.8 Å². The molecule has 1 fully saturated rings. The maximum absolute atomic E-state index is 15.1. The van der Waals surface area contributed by atoms with Crippen LogP contribution in [0.4, 0.5) is 4.39 Å². The van der Waals surface area contributed by atoms with E-state index in [4.69, 9.17) is 16.3 Å². The molecule has 0 unspecified atom stereocenters. The first kappa shape index (κ1) is 24.4. The van der Waals surface area contributed by atoms with Gasteiger partial charge in [0.25, 0.3) is 0 Å². The number of aromatic nitrogens is 4. The zero-order chi connectivity index (χ0) is 25.2. The van der Waals surface area contributed by atoms with Gasteiger partial charge in [0.05, 0.1) is 22.3 Å². The van der Waals surface area contributed by atoms with Crippen LogP contribution in [0.15, 0.2) is 48.9 Å². The minimum Gasteiger partial charge on any atom is -0.486 e. The number of aliphatic hydroxyl groups is 1. The van der Waals surface area contributed by atoms with Crippen molar-refractivity contribution in [2.24, 2.45) is 5.92 Å². The van der Waals surface area contributed by atoms with Gasteiger partial charge in [0.15, 0.2) is 0 Å². The molecule has 1 aliphatic carbocycles. The minimum absolute atomic E-state index is 0.140. The van der Waals surface area contributed by atoms with Crippen molar-refractivity contribution in [2.45, 2.75) is 51.7 Å². The molecule has 0 spiro atoms. The van der Waals surface area contributed by atoms with Crippen LogP contribution >= 0.6 is 11.6 Å². The average Bonchev–Trinajstić information content (AvgIpc) is 3.23. The van der Waals surface area contributed by atoms with Gasteiger partial charge in [-0.25, -0.2) is 4.39 Å². The third-order valence-electron chi connectivity index (χ3n) is 6.80. The minimum atomic E-state index is -0.402. The van der Waals surface area contributed by atoms with Gasteiger partial charge >= 0.3 is 0 Å². The van der Waals surface area contributed by atoms with Gasteiger partial charge in [-0.2, -0.15) is 5.10 Å². The monoisotopic (exact) mass is 506 g/mol. The predicted octanol–water partition coefficient (Wildman–Crippen LogP) is 6.63. The first-order valence-corrected chi connectivity index (χ1v) is 12.5. The second kappa shape index (κ2) is 10.4. The molecule has 1 aromatic carbocycles. The van der Waals surface area contributed by atoms with E-state index in [1.165, 1.54) is 6.08 Å². The number of H-pyrrole nitrogens is 1. The highest BCUT2D eigenvalue weighted by atomic mass is 35.5. The van der Waals surface area contributed by atoms with Crippen molar-refractivity contribution >= 4 is 34.4 Å². The van der Waals surface area contributed by atoms with Crippen LogP contribution in [0.1, 0.15) is 60.4 Å². The molecule has 0 aliphatic heterocycles. The summed E-state index contributed by atoms with van der Waals surface area (Å²) >= 11 is 6.34. The van der Waals surface area contributed by atoms with Crippen LogP contribution in [0.3, 0.4) is 0 Å². The van der Waals surface area contributed by atoms with E-state index in [1.54, 1.807) is 24.7 Å². The van der Waals surface area contributed by atoms with Gasteiger partial charge in [0.2, 0.25) is 0 Å². The topological polar surface area (TPSA) is 83.9 Å². The van der Waals surface area contributed by atoms with Crippen molar-refractivity contribution in [1.82, 2.24) is 20.2 Å². The van der Waals surface area contributed by atoms with E-state index in [0.717, 1.165) is 47.9 Å². The number of aromatic amines is 1. The number of nitrogens with one attached hydrogen (secondary N) is 1. The summed E-state index contributed by atoms with van der Waals surface area (Å²) in [7, 11) is 0. The molecule has 0 radical (unpaired) electrons. The smallest absolute Gasteiger partial charge is 0.134 e. The van der Waals surface area contributed by atoms with Gasteiger partial charge < -0.3 is 9.84 Å². The normalized spacial score (nSPS) is 18.8. The van der Waals surface area contributed by atoms with Crippen molar-refractivity contribution < 1.29 is 14.2 Å². The molecular weight excluding hydrogens is 479 g/mol. The number of aliphatic hydroxyl groups excluding tert-OH is 1. The van der Waals surface area contributed by atoms with E-state index in [-0.39, 0.29) is 12.2 Å². The maximum Gasteiger partial charge on any atom is 0.134 e. The molecule has 1 saturated carbocycles. The zero-order valence-electron chi connectivity index (χ0n) is 20.2. The molecule has 2 N–H and O–H groups in total. The Balaban J connectivity index is 1.31. The molecule has 5 rings (SSSR count). The van der Waals surface area contributed by atoms with Crippen molar-refractivity contribution in [3.05, 3.63) is 82.0 Å². The second-order valence-electron chi connectivity index (χ2n) is 9.49. The van der Waals surface area contributed by atoms with Crippen LogP contribution in [0, 0.1) is 12.8 Å². The molecular formula is C28H28ClFN4O2. The number of pyridine rings is 2. The van der Waals surface area contributed by atoms with Gasteiger partial charge in [-0.15, -0.1) is 0 Å². The highest BCUT2D eigenvalue weighted by Crippen LogP contribution is 2.33. The highest BCUT2D eigenvalue weighted by molar-refractivity contribution is 6.31. The van der Waals surface area contributed by atoms with E-state index in [1.807, 2.05) is 38.1 Å². The molecule has 3 aromatic heterocycles. The number of fused-ring (bicyclic) bond motifs is 1. The van der Waals surface area contributed by atoms with Crippen molar-refractivity contribution in [3.8, 4) is 5.75 Å². The molecule has 8 heteroatoms. The van der Waals surface area contributed by atoms with E-state index in [0.29, 0.717) is 33.5 Å². The highest BCUT2D eigenvalue weighted by Gasteiger charge is 2.26. The number of rotatable bonds is 8. The van der Waals surface area contributed by atoms with Crippen LogP contribution in [-0.2, 0) is 6.42 Å².